The van der Waals surface area contributed by atoms with Gasteiger partial charge in [-0.15, -0.1) is 0 Å². The van der Waals surface area contributed by atoms with Crippen molar-refractivity contribution < 1.29 is 14.1 Å². The number of nitrogen functional groups attached to an aromatic ring is 1. The number of rotatable bonds is 6. The van der Waals surface area contributed by atoms with Gasteiger partial charge in [0, 0.05) is 26.5 Å². The molecule has 3 N–H and O–H groups in total. The zero-order chi connectivity index (χ0) is 19.6. The predicted octanol–water partition coefficient (Wildman–Crippen LogP) is 0.812. The van der Waals surface area contributed by atoms with Crippen molar-refractivity contribution in [3.8, 4) is 0 Å². The lowest BCUT2D eigenvalue weighted by Crippen LogP contribution is -2.42. The van der Waals surface area contributed by atoms with E-state index in [9.17, 15) is 9.59 Å². The Kier molecular flexibility index (Phi) is 5.36. The summed E-state index contributed by atoms with van der Waals surface area (Å²) >= 11 is 0. The Balaban J connectivity index is 2.17. The summed E-state index contributed by atoms with van der Waals surface area (Å²) in [6.45, 7) is 5.31. The number of nitrogens with zero attached hydrogens (tertiary/aromatic N) is 3. The number of amides is 1. The number of carbonyl (C=O) groups is 1. The number of anilines is 1. The fourth-order valence-electron chi connectivity index (χ4n) is 3.07. The number of hydrogen-bond acceptors (Lipinski definition) is 5. The molecule has 0 aliphatic rings. The average molecular weight is 370 g/mol. The van der Waals surface area contributed by atoms with Gasteiger partial charge in [0.2, 0.25) is 11.5 Å². The third-order valence-electron chi connectivity index (χ3n) is 4.47. The summed E-state index contributed by atoms with van der Waals surface area (Å²) in [7, 11) is 1.61. The molecule has 1 amide bonds. The van der Waals surface area contributed by atoms with E-state index in [1.807, 2.05) is 19.9 Å². The van der Waals surface area contributed by atoms with Gasteiger partial charge in [0.1, 0.15) is 10.9 Å². The van der Waals surface area contributed by atoms with Gasteiger partial charge in [-0.2, -0.15) is 0 Å². The second-order valence-corrected chi connectivity index (χ2v) is 6.38. The van der Waals surface area contributed by atoms with E-state index >= 15 is 0 Å². The van der Waals surface area contributed by atoms with Crippen LogP contribution in [0.3, 0.4) is 0 Å². The van der Waals surface area contributed by atoms with Crippen molar-refractivity contribution >= 4 is 28.4 Å². The molecule has 0 aromatic carbocycles. The summed E-state index contributed by atoms with van der Waals surface area (Å²) in [6, 6.07) is 5.23. The standard InChI is InChI=1S/C19H23N5O3/c1-4-23-16(20)13(18(25)21-8-5-9-27-3)10-14-17(23)22-15-7-6-12(2)11-24(15)19(14)26/h6-7,10-11,20H,4-5,8-9H2,1-3H3,(H,21,25)/p+1. The van der Waals surface area contributed by atoms with Crippen molar-refractivity contribution in [2.24, 2.45) is 0 Å². The van der Waals surface area contributed by atoms with Crippen LogP contribution in [0.5, 0.6) is 0 Å². The molecule has 3 aromatic rings. The number of fused-ring (bicyclic) bond motifs is 2. The molecular formula is C19H24N5O3+. The molecule has 0 atom stereocenters. The lowest BCUT2D eigenvalue weighted by atomic mass is 10.1. The number of aryl methyl sites for hydroxylation is 2. The third-order valence-corrected chi connectivity index (χ3v) is 4.47. The Morgan fingerprint density at radius 3 is 2.89 bits per heavy atom. The Morgan fingerprint density at radius 1 is 1.41 bits per heavy atom. The molecule has 0 bridgehead atoms. The maximum atomic E-state index is 13.0. The van der Waals surface area contributed by atoms with Crippen molar-refractivity contribution in [2.45, 2.75) is 26.8 Å². The summed E-state index contributed by atoms with van der Waals surface area (Å²) in [6.07, 6.45) is 2.43. The van der Waals surface area contributed by atoms with Crippen LogP contribution in [-0.2, 0) is 11.3 Å². The van der Waals surface area contributed by atoms with Crippen LogP contribution in [0.15, 0.2) is 29.2 Å². The molecule has 27 heavy (non-hydrogen) atoms. The minimum absolute atomic E-state index is 0.227. The Morgan fingerprint density at radius 2 is 2.19 bits per heavy atom. The zero-order valence-corrected chi connectivity index (χ0v) is 15.8. The normalized spacial score (nSPS) is 11.2. The highest BCUT2D eigenvalue weighted by molar-refractivity contribution is 6.00. The predicted molar refractivity (Wildman–Crippen MR) is 103 cm³/mol. The summed E-state index contributed by atoms with van der Waals surface area (Å²) in [5.41, 5.74) is 8.24. The molecule has 0 radical (unpaired) electrons. The molecule has 3 aromatic heterocycles. The highest BCUT2D eigenvalue weighted by Crippen LogP contribution is 2.15. The fourth-order valence-corrected chi connectivity index (χ4v) is 3.07. The second kappa shape index (κ2) is 7.71. The van der Waals surface area contributed by atoms with Crippen molar-refractivity contribution in [3.63, 3.8) is 0 Å². The van der Waals surface area contributed by atoms with Gasteiger partial charge < -0.3 is 15.8 Å². The first-order chi connectivity index (χ1) is 13.0. The molecule has 0 aliphatic heterocycles. The van der Waals surface area contributed by atoms with Crippen LogP contribution >= 0.6 is 0 Å². The number of methoxy groups -OCH3 is 1. The molecule has 8 nitrogen and oxygen atoms in total. The topological polar surface area (TPSA) is 103 Å². The molecule has 0 aliphatic carbocycles. The first kappa shape index (κ1) is 18.8. The Bertz CT molecular complexity index is 1070. The number of nitrogens with one attached hydrogen (secondary N) is 1. The number of pyridine rings is 2. The van der Waals surface area contributed by atoms with Crippen LogP contribution in [-0.4, -0.2) is 35.6 Å². The first-order valence-corrected chi connectivity index (χ1v) is 8.90. The SMILES string of the molecule is CC[n+]1c(N)c(C(=O)NCCCOC)cc2c(=O)n3cc(C)ccc3nc21. The van der Waals surface area contributed by atoms with Gasteiger partial charge in [-0.05, 0) is 38.0 Å². The minimum Gasteiger partial charge on any atom is -0.385 e. The number of carbonyl (C=O) groups excluding carboxylic acids is 1. The van der Waals surface area contributed by atoms with E-state index in [0.29, 0.717) is 42.8 Å². The number of aromatic nitrogens is 3. The molecule has 3 rings (SSSR count). The van der Waals surface area contributed by atoms with Crippen molar-refractivity contribution in [1.29, 1.82) is 0 Å². The molecule has 0 saturated heterocycles. The molecule has 0 spiro atoms. The maximum absolute atomic E-state index is 13.0. The molecule has 3 heterocycles. The monoisotopic (exact) mass is 370 g/mol. The molecule has 0 fully saturated rings. The van der Waals surface area contributed by atoms with Crippen molar-refractivity contribution in [2.75, 3.05) is 26.0 Å². The van der Waals surface area contributed by atoms with E-state index in [1.54, 1.807) is 23.9 Å². The van der Waals surface area contributed by atoms with Gasteiger partial charge in [0.25, 0.3) is 17.1 Å². The second-order valence-electron chi connectivity index (χ2n) is 6.38. The lowest BCUT2D eigenvalue weighted by Gasteiger charge is -2.11. The van der Waals surface area contributed by atoms with E-state index in [-0.39, 0.29) is 22.8 Å². The van der Waals surface area contributed by atoms with Gasteiger partial charge in [0.05, 0.1) is 6.54 Å². The highest BCUT2D eigenvalue weighted by atomic mass is 16.5. The Labute approximate surface area is 156 Å². The molecule has 142 valence electrons. The van der Waals surface area contributed by atoms with Crippen LogP contribution < -0.4 is 21.2 Å². The van der Waals surface area contributed by atoms with Crippen molar-refractivity contribution in [3.05, 3.63) is 45.9 Å². The highest BCUT2D eigenvalue weighted by Gasteiger charge is 2.23. The van der Waals surface area contributed by atoms with Crippen LogP contribution in [0, 0.1) is 6.92 Å². The zero-order valence-electron chi connectivity index (χ0n) is 15.8. The lowest BCUT2D eigenvalue weighted by molar-refractivity contribution is -0.655. The smallest absolute Gasteiger partial charge is 0.278 e. The summed E-state index contributed by atoms with van der Waals surface area (Å²) in [5, 5.41) is 3.17. The van der Waals surface area contributed by atoms with Gasteiger partial charge in [-0.1, -0.05) is 11.1 Å². The number of nitrogens with two attached hydrogens (primary N) is 1. The molecular weight excluding hydrogens is 346 g/mol. The first-order valence-electron chi connectivity index (χ1n) is 8.90. The summed E-state index contributed by atoms with van der Waals surface area (Å²) < 4.78 is 8.17. The van der Waals surface area contributed by atoms with Gasteiger partial charge in [-0.3, -0.25) is 14.0 Å². The average Bonchev–Trinajstić information content (AvgIpc) is 2.65. The minimum atomic E-state index is -0.318. The van der Waals surface area contributed by atoms with Crippen LogP contribution in [0.4, 0.5) is 5.82 Å². The van der Waals surface area contributed by atoms with Gasteiger partial charge in [-0.25, -0.2) is 4.57 Å². The van der Waals surface area contributed by atoms with Crippen LogP contribution in [0.25, 0.3) is 16.7 Å². The van der Waals surface area contributed by atoms with E-state index in [4.69, 9.17) is 10.5 Å². The quantitative estimate of drug-likeness (QED) is 0.380. The summed E-state index contributed by atoms with van der Waals surface area (Å²) in [4.78, 5) is 30.2. The molecule has 0 unspecified atom stereocenters. The maximum Gasteiger partial charge on any atom is 0.278 e. The van der Waals surface area contributed by atoms with E-state index in [1.165, 1.54) is 10.5 Å². The van der Waals surface area contributed by atoms with Crippen LogP contribution in [0.1, 0.15) is 29.3 Å². The van der Waals surface area contributed by atoms with E-state index < -0.39 is 0 Å². The van der Waals surface area contributed by atoms with E-state index in [2.05, 4.69) is 10.3 Å². The van der Waals surface area contributed by atoms with Crippen LogP contribution in [0.2, 0.25) is 0 Å². The fraction of sp³-hybridized carbons (Fsp3) is 0.368. The van der Waals surface area contributed by atoms with E-state index in [0.717, 1.165) is 5.56 Å². The summed E-state index contributed by atoms with van der Waals surface area (Å²) in [5.74, 6) is -0.0287. The Hall–Kier alpha value is -3.00. The molecule has 0 saturated carbocycles. The van der Waals surface area contributed by atoms with Gasteiger partial charge in [0.15, 0.2) is 0 Å². The third kappa shape index (κ3) is 3.48. The van der Waals surface area contributed by atoms with Gasteiger partial charge >= 0.3 is 0 Å². The van der Waals surface area contributed by atoms with Crippen molar-refractivity contribution in [1.82, 2.24) is 14.7 Å². The molecule has 8 heteroatoms. The number of hydrogen-bond donors (Lipinski definition) is 2. The number of ether oxygens (including phenoxy) is 1. The largest absolute Gasteiger partial charge is 0.385 e.